The van der Waals surface area contributed by atoms with Crippen molar-refractivity contribution in [2.75, 3.05) is 20.2 Å². The van der Waals surface area contributed by atoms with Crippen molar-refractivity contribution in [1.82, 2.24) is 9.88 Å². The molecular weight excluding hydrogens is 332 g/mol. The molecule has 6 heteroatoms. The van der Waals surface area contributed by atoms with Crippen molar-refractivity contribution in [3.8, 4) is 10.4 Å². The van der Waals surface area contributed by atoms with Crippen molar-refractivity contribution in [2.45, 2.75) is 32.9 Å². The van der Waals surface area contributed by atoms with E-state index in [4.69, 9.17) is 15.5 Å². The van der Waals surface area contributed by atoms with Crippen molar-refractivity contribution in [3.05, 3.63) is 41.0 Å². The molecule has 0 bridgehead atoms. The summed E-state index contributed by atoms with van der Waals surface area (Å²) >= 11 is 1.67. The maximum absolute atomic E-state index is 6.24. The molecule has 1 fully saturated rings. The topological polar surface area (TPSA) is 63.7 Å². The second kappa shape index (κ2) is 8.45. The highest BCUT2D eigenvalue weighted by Crippen LogP contribution is 2.31. The summed E-state index contributed by atoms with van der Waals surface area (Å²) in [5.74, 6) is 1.31. The van der Waals surface area contributed by atoms with Crippen molar-refractivity contribution < 1.29 is 4.74 Å². The maximum atomic E-state index is 6.24. The molecule has 1 aromatic carbocycles. The van der Waals surface area contributed by atoms with E-state index >= 15 is 0 Å². The van der Waals surface area contributed by atoms with Crippen molar-refractivity contribution in [2.24, 2.45) is 16.6 Å². The molecule has 5 nitrogen and oxygen atoms in total. The first-order valence-electron chi connectivity index (χ1n) is 8.75. The van der Waals surface area contributed by atoms with Gasteiger partial charge in [0.15, 0.2) is 5.96 Å². The summed E-state index contributed by atoms with van der Waals surface area (Å²) in [6.07, 6.45) is 2.45. The predicted octanol–water partition coefficient (Wildman–Crippen LogP) is 3.50. The summed E-state index contributed by atoms with van der Waals surface area (Å²) < 4.78 is 5.24. The Morgan fingerprint density at radius 1 is 1.40 bits per heavy atom. The molecule has 1 unspecified atom stereocenters. The molecule has 134 valence electrons. The number of nitrogens with two attached hydrogens (primary N) is 1. The van der Waals surface area contributed by atoms with Gasteiger partial charge in [-0.3, -0.25) is 0 Å². The fraction of sp³-hybridized carbons (Fsp3) is 0.474. The monoisotopic (exact) mass is 358 g/mol. The van der Waals surface area contributed by atoms with Gasteiger partial charge in [-0.2, -0.15) is 0 Å². The van der Waals surface area contributed by atoms with Crippen LogP contribution in [0, 0.1) is 5.92 Å². The molecule has 0 saturated carbocycles. The highest BCUT2D eigenvalue weighted by atomic mass is 32.1. The number of thiazole rings is 1. The zero-order valence-corrected chi connectivity index (χ0v) is 15.8. The van der Waals surface area contributed by atoms with Crippen LogP contribution in [0.15, 0.2) is 35.3 Å². The third-order valence-corrected chi connectivity index (χ3v) is 5.54. The lowest BCUT2D eigenvalue weighted by molar-refractivity contribution is 0.184. The fourth-order valence-electron chi connectivity index (χ4n) is 3.16. The molecular formula is C19H26N4OS. The number of aliphatic imine (C=N–C) groups is 1. The minimum atomic E-state index is 0.501. The van der Waals surface area contributed by atoms with Gasteiger partial charge in [0.25, 0.3) is 0 Å². The van der Waals surface area contributed by atoms with Crippen LogP contribution in [0.1, 0.15) is 30.5 Å². The first-order chi connectivity index (χ1) is 12.2. The van der Waals surface area contributed by atoms with Crippen LogP contribution in [0.2, 0.25) is 0 Å². The number of ether oxygens (including phenoxy) is 1. The quantitative estimate of drug-likeness (QED) is 0.656. The van der Waals surface area contributed by atoms with Crippen molar-refractivity contribution in [1.29, 1.82) is 0 Å². The fourth-order valence-corrected chi connectivity index (χ4v) is 4.21. The first-order valence-corrected chi connectivity index (χ1v) is 9.57. The van der Waals surface area contributed by atoms with E-state index in [-0.39, 0.29) is 0 Å². The van der Waals surface area contributed by atoms with Gasteiger partial charge in [0, 0.05) is 20.2 Å². The number of methoxy groups -OCH3 is 1. The molecule has 0 amide bonds. The van der Waals surface area contributed by atoms with E-state index in [1.54, 1.807) is 18.4 Å². The Hall–Kier alpha value is -1.92. The number of hydrogen-bond donors (Lipinski definition) is 1. The predicted molar refractivity (Wildman–Crippen MR) is 104 cm³/mol. The second-order valence-electron chi connectivity index (χ2n) is 6.55. The number of aromatic nitrogens is 1. The van der Waals surface area contributed by atoms with Gasteiger partial charge < -0.3 is 15.4 Å². The van der Waals surface area contributed by atoms with Crippen LogP contribution in [-0.4, -0.2) is 36.0 Å². The van der Waals surface area contributed by atoms with Gasteiger partial charge in [0.1, 0.15) is 5.01 Å². The van der Waals surface area contributed by atoms with Gasteiger partial charge in [-0.05, 0) is 24.3 Å². The van der Waals surface area contributed by atoms with Crippen LogP contribution in [0.4, 0.5) is 0 Å². The Labute approximate surface area is 153 Å². The van der Waals surface area contributed by atoms with E-state index in [9.17, 15) is 0 Å². The van der Waals surface area contributed by atoms with Crippen LogP contribution in [0.5, 0.6) is 0 Å². The van der Waals surface area contributed by atoms with Gasteiger partial charge in [0.05, 0.1) is 23.7 Å². The lowest BCUT2D eigenvalue weighted by Crippen LogP contribution is -2.43. The van der Waals surface area contributed by atoms with Gasteiger partial charge in [-0.25, -0.2) is 9.98 Å². The van der Waals surface area contributed by atoms with Crippen LogP contribution in [0.25, 0.3) is 10.4 Å². The molecule has 2 heterocycles. The number of likely N-dealkylation sites (tertiary alicyclic amines) is 1. The summed E-state index contributed by atoms with van der Waals surface area (Å²) in [6.45, 7) is 5.28. The molecule has 2 N–H and O–H groups in total. The van der Waals surface area contributed by atoms with E-state index in [0.29, 0.717) is 25.0 Å². The summed E-state index contributed by atoms with van der Waals surface area (Å²) in [5.41, 5.74) is 8.37. The Bertz CT molecular complexity index is 713. The number of nitrogens with zero attached hydrogens (tertiary/aromatic N) is 3. The Balaban J connectivity index is 1.80. The average Bonchev–Trinajstić information content (AvgIpc) is 3.03. The van der Waals surface area contributed by atoms with Gasteiger partial charge in [-0.15, -0.1) is 11.3 Å². The standard InChI is InChI=1S/C19H26N4OS/c1-14-7-6-10-23(12-14)19(20)21-11-16-18(15-8-4-3-5-9-15)25-17(22-16)13-24-2/h3-5,8-9,14H,6-7,10-13H2,1-2H3,(H2,20,21). The smallest absolute Gasteiger partial charge is 0.191 e. The average molecular weight is 359 g/mol. The normalized spacial score (nSPS) is 18.6. The maximum Gasteiger partial charge on any atom is 0.191 e. The van der Waals surface area contributed by atoms with E-state index in [0.717, 1.165) is 34.2 Å². The minimum absolute atomic E-state index is 0.501. The van der Waals surface area contributed by atoms with Crippen LogP contribution in [-0.2, 0) is 17.9 Å². The van der Waals surface area contributed by atoms with Crippen LogP contribution in [0.3, 0.4) is 0 Å². The molecule has 1 aromatic heterocycles. The molecule has 1 aliphatic heterocycles. The third kappa shape index (κ3) is 4.58. The Kier molecular flexibility index (Phi) is 6.04. The van der Waals surface area contributed by atoms with Crippen molar-refractivity contribution in [3.63, 3.8) is 0 Å². The van der Waals surface area contributed by atoms with E-state index in [2.05, 4.69) is 28.9 Å². The molecule has 0 radical (unpaired) electrons. The number of rotatable bonds is 5. The number of piperidine rings is 1. The van der Waals surface area contributed by atoms with E-state index in [1.165, 1.54) is 12.8 Å². The van der Waals surface area contributed by atoms with Crippen molar-refractivity contribution >= 4 is 17.3 Å². The highest BCUT2D eigenvalue weighted by Gasteiger charge is 2.18. The summed E-state index contributed by atoms with van der Waals surface area (Å²) in [4.78, 5) is 12.7. The molecule has 0 aliphatic carbocycles. The number of guanidine groups is 1. The molecule has 0 spiro atoms. The van der Waals surface area contributed by atoms with Crippen LogP contribution >= 0.6 is 11.3 Å². The zero-order valence-electron chi connectivity index (χ0n) is 14.9. The molecule has 25 heavy (non-hydrogen) atoms. The number of hydrogen-bond acceptors (Lipinski definition) is 4. The minimum Gasteiger partial charge on any atom is -0.378 e. The summed E-state index contributed by atoms with van der Waals surface area (Å²) in [5, 5.41) is 0.969. The third-order valence-electron chi connectivity index (χ3n) is 4.42. The molecule has 3 rings (SSSR count). The lowest BCUT2D eigenvalue weighted by atomic mass is 10.0. The second-order valence-corrected chi connectivity index (χ2v) is 7.63. The van der Waals surface area contributed by atoms with E-state index in [1.807, 2.05) is 18.2 Å². The number of benzene rings is 1. The molecule has 1 saturated heterocycles. The van der Waals surface area contributed by atoms with Gasteiger partial charge >= 0.3 is 0 Å². The van der Waals surface area contributed by atoms with Gasteiger partial charge in [-0.1, -0.05) is 37.3 Å². The molecule has 1 atom stereocenters. The first kappa shape index (κ1) is 17.9. The molecule has 2 aromatic rings. The van der Waals surface area contributed by atoms with Gasteiger partial charge in [0.2, 0.25) is 0 Å². The summed E-state index contributed by atoms with van der Waals surface area (Å²) in [7, 11) is 1.69. The Morgan fingerprint density at radius 3 is 2.92 bits per heavy atom. The highest BCUT2D eigenvalue weighted by molar-refractivity contribution is 7.15. The molecule has 1 aliphatic rings. The summed E-state index contributed by atoms with van der Waals surface area (Å²) in [6, 6.07) is 10.3. The SMILES string of the molecule is COCc1nc(CN=C(N)N2CCCC(C)C2)c(-c2ccccc2)s1. The van der Waals surface area contributed by atoms with Crippen LogP contribution < -0.4 is 5.73 Å². The van der Waals surface area contributed by atoms with E-state index < -0.39 is 0 Å². The lowest BCUT2D eigenvalue weighted by Gasteiger charge is -2.31. The Morgan fingerprint density at radius 2 is 2.20 bits per heavy atom. The zero-order chi connectivity index (χ0) is 17.6. The largest absolute Gasteiger partial charge is 0.378 e.